The van der Waals surface area contributed by atoms with Crippen molar-refractivity contribution < 1.29 is 9.90 Å². The Kier molecular flexibility index (Phi) is 2.97. The SMILES string of the molecule is CC(=O)C1=CC[C@]2(C(C)C)CC[C@@H](C)[C@]2(O)C1. The molecule has 0 unspecified atom stereocenters. The molecule has 2 heteroatoms. The Morgan fingerprint density at radius 1 is 1.53 bits per heavy atom. The highest BCUT2D eigenvalue weighted by Crippen LogP contribution is 2.60. The van der Waals surface area contributed by atoms with Crippen molar-refractivity contribution in [2.24, 2.45) is 17.3 Å². The molecule has 3 atom stereocenters. The third-order valence-electron chi connectivity index (χ3n) is 5.43. The predicted molar refractivity (Wildman–Crippen MR) is 68.6 cm³/mol. The van der Waals surface area contributed by atoms with E-state index >= 15 is 0 Å². The maximum atomic E-state index is 11.5. The highest BCUT2D eigenvalue weighted by atomic mass is 16.3. The minimum atomic E-state index is -0.670. The first-order valence-corrected chi connectivity index (χ1v) is 6.76. The average molecular weight is 236 g/mol. The molecule has 0 spiro atoms. The van der Waals surface area contributed by atoms with E-state index < -0.39 is 5.60 Å². The summed E-state index contributed by atoms with van der Waals surface area (Å²) in [5, 5.41) is 11.1. The second kappa shape index (κ2) is 3.94. The van der Waals surface area contributed by atoms with E-state index in [1.165, 1.54) is 0 Å². The highest BCUT2D eigenvalue weighted by Gasteiger charge is 2.60. The zero-order valence-corrected chi connectivity index (χ0v) is 11.4. The fourth-order valence-electron chi connectivity index (χ4n) is 4.01. The van der Waals surface area contributed by atoms with Crippen molar-refractivity contribution in [2.75, 3.05) is 0 Å². The topological polar surface area (TPSA) is 37.3 Å². The average Bonchev–Trinajstić information content (AvgIpc) is 2.52. The number of carbonyl (C=O) groups excluding carboxylic acids is 1. The van der Waals surface area contributed by atoms with E-state index in [9.17, 15) is 9.90 Å². The lowest BCUT2D eigenvalue weighted by molar-refractivity contribution is -0.124. The van der Waals surface area contributed by atoms with Crippen LogP contribution in [0.2, 0.25) is 0 Å². The first-order chi connectivity index (χ1) is 7.83. The number of hydrogen-bond acceptors (Lipinski definition) is 2. The van der Waals surface area contributed by atoms with Crippen LogP contribution in [0.25, 0.3) is 0 Å². The van der Waals surface area contributed by atoms with E-state index in [-0.39, 0.29) is 11.2 Å². The van der Waals surface area contributed by atoms with Gasteiger partial charge in [0.05, 0.1) is 5.60 Å². The normalized spacial score (nSPS) is 41.3. The van der Waals surface area contributed by atoms with E-state index in [1.807, 2.05) is 0 Å². The van der Waals surface area contributed by atoms with Gasteiger partial charge in [0.2, 0.25) is 0 Å². The molecule has 2 aliphatic carbocycles. The Balaban J connectivity index is 2.43. The van der Waals surface area contributed by atoms with Gasteiger partial charge >= 0.3 is 0 Å². The van der Waals surface area contributed by atoms with Crippen LogP contribution in [0, 0.1) is 17.3 Å². The molecule has 2 aliphatic rings. The second-order valence-corrected chi connectivity index (χ2v) is 6.34. The molecule has 0 aromatic rings. The first kappa shape index (κ1) is 12.8. The number of ketones is 1. The third-order valence-corrected chi connectivity index (χ3v) is 5.43. The Bertz CT molecular complexity index is 369. The van der Waals surface area contributed by atoms with E-state index in [2.05, 4.69) is 26.8 Å². The van der Waals surface area contributed by atoms with Crippen molar-refractivity contribution in [3.63, 3.8) is 0 Å². The van der Waals surface area contributed by atoms with Gasteiger partial charge in [-0.1, -0.05) is 26.8 Å². The third kappa shape index (κ3) is 1.61. The molecule has 1 fully saturated rings. The molecule has 0 aromatic heterocycles. The van der Waals surface area contributed by atoms with Gasteiger partial charge in [0.25, 0.3) is 0 Å². The number of aliphatic hydroxyl groups is 1. The lowest BCUT2D eigenvalue weighted by Gasteiger charge is -2.50. The quantitative estimate of drug-likeness (QED) is 0.800. The van der Waals surface area contributed by atoms with Gasteiger partial charge in [-0.05, 0) is 43.6 Å². The Morgan fingerprint density at radius 3 is 2.71 bits per heavy atom. The van der Waals surface area contributed by atoms with Gasteiger partial charge in [0.15, 0.2) is 5.78 Å². The van der Waals surface area contributed by atoms with Gasteiger partial charge in [0, 0.05) is 11.8 Å². The van der Waals surface area contributed by atoms with Crippen LogP contribution in [0.4, 0.5) is 0 Å². The predicted octanol–water partition coefficient (Wildman–Crippen LogP) is 3.10. The standard InChI is InChI=1S/C15H24O2/c1-10(2)14-7-5-11(3)15(14,17)9-13(6-8-14)12(4)16/h6,10-11,17H,5,7-9H2,1-4H3/t11-,14+,15-/m1/s1. The Labute approximate surface area is 104 Å². The van der Waals surface area contributed by atoms with Gasteiger partial charge in [-0.25, -0.2) is 0 Å². The number of Topliss-reactive ketones (excluding diaryl/α,β-unsaturated/α-hetero) is 1. The Hall–Kier alpha value is -0.630. The van der Waals surface area contributed by atoms with E-state index in [0.717, 1.165) is 24.8 Å². The van der Waals surface area contributed by atoms with Crippen molar-refractivity contribution in [3.05, 3.63) is 11.6 Å². The fourth-order valence-corrected chi connectivity index (χ4v) is 4.01. The molecule has 0 amide bonds. The molecule has 17 heavy (non-hydrogen) atoms. The van der Waals surface area contributed by atoms with Gasteiger partial charge in [-0.15, -0.1) is 0 Å². The lowest BCUT2D eigenvalue weighted by Crippen LogP contribution is -2.52. The number of allylic oxidation sites excluding steroid dienone is 1. The van der Waals surface area contributed by atoms with E-state index in [1.54, 1.807) is 6.92 Å². The molecule has 0 aliphatic heterocycles. The zero-order chi connectivity index (χ0) is 12.8. The fraction of sp³-hybridized carbons (Fsp3) is 0.800. The molecule has 2 nitrogen and oxygen atoms in total. The molecular formula is C15H24O2. The molecule has 0 radical (unpaired) electrons. The van der Waals surface area contributed by atoms with Crippen molar-refractivity contribution >= 4 is 5.78 Å². The summed E-state index contributed by atoms with van der Waals surface area (Å²) >= 11 is 0. The summed E-state index contributed by atoms with van der Waals surface area (Å²) in [7, 11) is 0. The molecular weight excluding hydrogens is 212 g/mol. The van der Waals surface area contributed by atoms with Gasteiger partial charge in [-0.3, -0.25) is 4.79 Å². The van der Waals surface area contributed by atoms with Crippen LogP contribution in [-0.2, 0) is 4.79 Å². The van der Waals surface area contributed by atoms with Crippen LogP contribution >= 0.6 is 0 Å². The largest absolute Gasteiger partial charge is 0.389 e. The molecule has 1 N–H and O–H groups in total. The molecule has 0 aromatic carbocycles. The second-order valence-electron chi connectivity index (χ2n) is 6.34. The number of carbonyl (C=O) groups is 1. The van der Waals surface area contributed by atoms with Crippen molar-refractivity contribution in [1.82, 2.24) is 0 Å². The molecule has 0 bridgehead atoms. The van der Waals surface area contributed by atoms with Crippen LogP contribution < -0.4 is 0 Å². The maximum absolute atomic E-state index is 11.5. The molecule has 0 saturated heterocycles. The number of hydrogen-bond donors (Lipinski definition) is 1. The minimum absolute atomic E-state index is 0.00856. The number of rotatable bonds is 2. The summed E-state index contributed by atoms with van der Waals surface area (Å²) < 4.78 is 0. The smallest absolute Gasteiger partial charge is 0.155 e. The Morgan fingerprint density at radius 2 is 2.18 bits per heavy atom. The molecule has 96 valence electrons. The van der Waals surface area contributed by atoms with Crippen LogP contribution in [0.1, 0.15) is 53.4 Å². The molecule has 1 saturated carbocycles. The summed E-state index contributed by atoms with van der Waals surface area (Å²) in [5.41, 5.74) is 0.153. The monoisotopic (exact) mass is 236 g/mol. The summed E-state index contributed by atoms with van der Waals surface area (Å²) in [6, 6.07) is 0. The minimum Gasteiger partial charge on any atom is -0.389 e. The van der Waals surface area contributed by atoms with E-state index in [0.29, 0.717) is 18.3 Å². The summed E-state index contributed by atoms with van der Waals surface area (Å²) in [6.07, 6.45) is 5.66. The van der Waals surface area contributed by atoms with Gasteiger partial charge < -0.3 is 5.11 Å². The zero-order valence-electron chi connectivity index (χ0n) is 11.4. The van der Waals surface area contributed by atoms with Crippen LogP contribution in [-0.4, -0.2) is 16.5 Å². The van der Waals surface area contributed by atoms with Crippen molar-refractivity contribution in [1.29, 1.82) is 0 Å². The molecule has 2 rings (SSSR count). The maximum Gasteiger partial charge on any atom is 0.155 e. The van der Waals surface area contributed by atoms with Gasteiger partial charge in [-0.2, -0.15) is 0 Å². The number of fused-ring (bicyclic) bond motifs is 1. The van der Waals surface area contributed by atoms with E-state index in [4.69, 9.17) is 0 Å². The summed E-state index contributed by atoms with van der Waals surface area (Å²) in [6.45, 7) is 8.15. The van der Waals surface area contributed by atoms with Crippen LogP contribution in [0.3, 0.4) is 0 Å². The van der Waals surface area contributed by atoms with Gasteiger partial charge in [0.1, 0.15) is 0 Å². The van der Waals surface area contributed by atoms with Crippen LogP contribution in [0.15, 0.2) is 11.6 Å². The van der Waals surface area contributed by atoms with Crippen molar-refractivity contribution in [2.45, 2.75) is 59.0 Å². The molecule has 0 heterocycles. The summed E-state index contributed by atoms with van der Waals surface area (Å²) in [4.78, 5) is 11.5. The highest BCUT2D eigenvalue weighted by molar-refractivity contribution is 5.93. The van der Waals surface area contributed by atoms with Crippen LogP contribution in [0.5, 0.6) is 0 Å². The lowest BCUT2D eigenvalue weighted by atomic mass is 9.58. The van der Waals surface area contributed by atoms with Crippen molar-refractivity contribution in [3.8, 4) is 0 Å². The first-order valence-electron chi connectivity index (χ1n) is 6.76. The summed E-state index contributed by atoms with van der Waals surface area (Å²) in [5.74, 6) is 0.880.